The van der Waals surface area contributed by atoms with Crippen molar-refractivity contribution in [3.8, 4) is 0 Å². The molecule has 0 unspecified atom stereocenters. The summed E-state index contributed by atoms with van der Waals surface area (Å²) >= 11 is 24.9. The van der Waals surface area contributed by atoms with Gasteiger partial charge in [0.25, 0.3) is 0 Å². The van der Waals surface area contributed by atoms with Crippen LogP contribution >= 0.6 is 53.5 Å². The number of carbonyl (C=O) groups is 2. The summed E-state index contributed by atoms with van der Waals surface area (Å²) < 4.78 is 14.5. The predicted molar refractivity (Wildman–Crippen MR) is 133 cm³/mol. The van der Waals surface area contributed by atoms with Crippen LogP contribution in [-0.4, -0.2) is 11.0 Å². The molecule has 4 aromatic carbocycles. The van der Waals surface area contributed by atoms with Crippen LogP contribution in [0.15, 0.2) is 78.9 Å². The van der Waals surface area contributed by atoms with E-state index in [4.69, 9.17) is 46.4 Å². The van der Waals surface area contributed by atoms with Gasteiger partial charge < -0.3 is 4.57 Å². The molecule has 0 fully saturated rings. The summed E-state index contributed by atoms with van der Waals surface area (Å²) in [5, 5.41) is 1.56. The van der Waals surface area contributed by atoms with Crippen LogP contribution < -0.4 is 5.30 Å². The Balaban J connectivity index is 2.03. The van der Waals surface area contributed by atoms with Gasteiger partial charge in [-0.25, -0.2) is 0 Å². The Morgan fingerprint density at radius 1 is 0.562 bits per heavy atom. The Bertz CT molecular complexity index is 1340. The fraction of sp³-hybridized carbons (Fsp3) is 0. The van der Waals surface area contributed by atoms with Gasteiger partial charge in [0, 0.05) is 5.30 Å². The molecule has 160 valence electrons. The van der Waals surface area contributed by atoms with Crippen LogP contribution in [0.4, 0.5) is 0 Å². The third-order valence-electron chi connectivity index (χ3n) is 5.02. The van der Waals surface area contributed by atoms with E-state index in [0.29, 0.717) is 5.39 Å². The third kappa shape index (κ3) is 3.90. The Hall–Kier alpha value is -2.13. The van der Waals surface area contributed by atoms with Crippen LogP contribution in [0.25, 0.3) is 10.8 Å². The van der Waals surface area contributed by atoms with E-state index in [1.54, 1.807) is 36.4 Å². The second kappa shape index (κ2) is 9.02. The second-order valence-electron chi connectivity index (χ2n) is 6.94. The van der Waals surface area contributed by atoms with Crippen molar-refractivity contribution in [1.29, 1.82) is 0 Å². The van der Waals surface area contributed by atoms with Crippen LogP contribution in [0.5, 0.6) is 0 Å². The fourth-order valence-electron chi connectivity index (χ4n) is 3.42. The molecule has 0 aromatic heterocycles. The number of hydrogen-bond donors (Lipinski definition) is 0. The van der Waals surface area contributed by atoms with Gasteiger partial charge in [-0.2, -0.15) is 0 Å². The highest BCUT2D eigenvalue weighted by atomic mass is 35.5. The molecule has 0 radical (unpaired) electrons. The zero-order valence-corrected chi connectivity index (χ0v) is 20.1. The molecule has 3 nitrogen and oxygen atoms in total. The number of carbonyl (C=O) groups excluding carboxylic acids is 2. The van der Waals surface area contributed by atoms with Crippen LogP contribution in [0, 0.1) is 0 Å². The van der Waals surface area contributed by atoms with Crippen LogP contribution in [0.3, 0.4) is 0 Å². The minimum atomic E-state index is -4.53. The molecule has 4 rings (SSSR count). The maximum absolute atomic E-state index is 14.5. The van der Waals surface area contributed by atoms with Gasteiger partial charge in [-0.05, 0) is 47.2 Å². The van der Waals surface area contributed by atoms with Crippen LogP contribution in [0.2, 0.25) is 20.1 Å². The maximum Gasteiger partial charge on any atom is 0.248 e. The average molecular weight is 522 g/mol. The van der Waals surface area contributed by atoms with Crippen molar-refractivity contribution in [1.82, 2.24) is 0 Å². The molecule has 32 heavy (non-hydrogen) atoms. The monoisotopic (exact) mass is 520 g/mol. The van der Waals surface area contributed by atoms with Gasteiger partial charge in [-0.1, -0.05) is 88.9 Å². The van der Waals surface area contributed by atoms with Gasteiger partial charge in [0.15, 0.2) is 0 Å². The van der Waals surface area contributed by atoms with E-state index in [0.717, 1.165) is 5.39 Å². The van der Waals surface area contributed by atoms with Crippen molar-refractivity contribution < 1.29 is 14.2 Å². The molecule has 0 atom stereocenters. The standard InChI is InChI=1S/C24H13Cl4O3P/c25-17-7-3-8-18(26)21(17)23(29)32(31,24(30)22-19(27)9-4-10-20(22)28)16-12-11-14-5-1-2-6-15(14)13-16/h1-13H. The summed E-state index contributed by atoms with van der Waals surface area (Å²) in [6.07, 6.45) is 0. The van der Waals surface area contributed by atoms with Crippen molar-refractivity contribution in [3.05, 3.63) is 110 Å². The summed E-state index contributed by atoms with van der Waals surface area (Å²) in [6, 6.07) is 20.9. The normalized spacial score (nSPS) is 11.5. The van der Waals surface area contributed by atoms with E-state index in [-0.39, 0.29) is 36.5 Å². The fourth-order valence-corrected chi connectivity index (χ4v) is 7.19. The Morgan fingerprint density at radius 2 is 1.00 bits per heavy atom. The quantitative estimate of drug-likeness (QED) is 0.249. The van der Waals surface area contributed by atoms with Crippen molar-refractivity contribution >= 4 is 80.7 Å². The summed E-state index contributed by atoms with van der Waals surface area (Å²) in [7, 11) is -4.53. The zero-order valence-electron chi connectivity index (χ0n) is 16.2. The van der Waals surface area contributed by atoms with Crippen molar-refractivity contribution in [2.45, 2.75) is 0 Å². The lowest BCUT2D eigenvalue weighted by atomic mass is 10.1. The first-order chi connectivity index (χ1) is 15.2. The van der Waals surface area contributed by atoms with E-state index < -0.39 is 18.2 Å². The van der Waals surface area contributed by atoms with Crippen LogP contribution in [0.1, 0.15) is 20.7 Å². The van der Waals surface area contributed by atoms with Crippen LogP contribution in [-0.2, 0) is 4.57 Å². The van der Waals surface area contributed by atoms with E-state index in [1.807, 2.05) is 12.1 Å². The van der Waals surface area contributed by atoms with Gasteiger partial charge in [0.05, 0.1) is 31.2 Å². The maximum atomic E-state index is 14.5. The summed E-state index contributed by atoms with van der Waals surface area (Å²) in [4.78, 5) is 27.5. The predicted octanol–water partition coefficient (Wildman–Crippen LogP) is 8.12. The summed E-state index contributed by atoms with van der Waals surface area (Å²) in [5.41, 5.74) is -2.35. The molecule has 0 bridgehead atoms. The summed E-state index contributed by atoms with van der Waals surface area (Å²) in [5.74, 6) is 0. The van der Waals surface area contributed by atoms with Crippen molar-refractivity contribution in [2.24, 2.45) is 0 Å². The molecule has 0 aliphatic rings. The lowest BCUT2D eigenvalue weighted by Gasteiger charge is -2.19. The first-order valence-corrected chi connectivity index (χ1v) is 12.5. The molecule has 0 heterocycles. The van der Waals surface area contributed by atoms with E-state index in [1.165, 1.54) is 30.3 Å². The second-order valence-corrected chi connectivity index (χ2v) is 11.1. The van der Waals surface area contributed by atoms with Gasteiger partial charge in [-0.3, -0.25) is 9.59 Å². The van der Waals surface area contributed by atoms with Gasteiger partial charge in [0.1, 0.15) is 0 Å². The molecule has 8 heteroatoms. The third-order valence-corrected chi connectivity index (χ3v) is 8.88. The minimum absolute atomic E-state index is 0.0124. The molecular weight excluding hydrogens is 509 g/mol. The molecule has 0 amide bonds. The lowest BCUT2D eigenvalue weighted by molar-refractivity contribution is 0.104. The van der Waals surface area contributed by atoms with E-state index >= 15 is 0 Å². The Morgan fingerprint density at radius 3 is 1.47 bits per heavy atom. The largest absolute Gasteiger partial charge is 0.302 e. The number of rotatable bonds is 5. The first kappa shape index (κ1) is 23.0. The zero-order chi connectivity index (χ0) is 23.0. The van der Waals surface area contributed by atoms with Gasteiger partial charge in [0.2, 0.25) is 18.2 Å². The molecular formula is C24H13Cl4O3P. The molecule has 0 saturated carbocycles. The first-order valence-electron chi connectivity index (χ1n) is 9.32. The molecule has 0 N–H and O–H groups in total. The highest BCUT2D eigenvalue weighted by Crippen LogP contribution is 2.54. The van der Waals surface area contributed by atoms with E-state index in [2.05, 4.69) is 0 Å². The lowest BCUT2D eigenvalue weighted by Crippen LogP contribution is -2.21. The molecule has 4 aromatic rings. The molecule has 0 aliphatic heterocycles. The number of fused-ring (bicyclic) bond motifs is 1. The SMILES string of the molecule is O=C(c1c(Cl)cccc1Cl)P(=O)(C(=O)c1c(Cl)cccc1Cl)c1ccc2ccccc2c1. The topological polar surface area (TPSA) is 51.2 Å². The Kier molecular flexibility index (Phi) is 6.49. The molecule has 0 aliphatic carbocycles. The molecule has 0 spiro atoms. The highest BCUT2D eigenvalue weighted by Gasteiger charge is 2.45. The number of hydrogen-bond acceptors (Lipinski definition) is 3. The average Bonchev–Trinajstić information content (AvgIpc) is 2.77. The van der Waals surface area contributed by atoms with Crippen molar-refractivity contribution in [2.75, 3.05) is 0 Å². The highest BCUT2D eigenvalue weighted by molar-refractivity contribution is 8.01. The van der Waals surface area contributed by atoms with Crippen molar-refractivity contribution in [3.63, 3.8) is 0 Å². The van der Waals surface area contributed by atoms with Gasteiger partial charge >= 0.3 is 0 Å². The smallest absolute Gasteiger partial charge is 0.248 e. The van der Waals surface area contributed by atoms with Gasteiger partial charge in [-0.15, -0.1) is 0 Å². The number of benzene rings is 4. The minimum Gasteiger partial charge on any atom is -0.302 e. The Labute approximate surface area is 204 Å². The number of halogens is 4. The molecule has 0 saturated heterocycles. The van der Waals surface area contributed by atoms with E-state index in [9.17, 15) is 14.2 Å². The summed E-state index contributed by atoms with van der Waals surface area (Å²) in [6.45, 7) is 0.